The number of piperidine rings is 5. The first-order valence-corrected chi connectivity index (χ1v) is 38.4. The van der Waals surface area contributed by atoms with Crippen LogP contribution < -0.4 is 47.4 Å². The number of hydrogen-bond donors (Lipinski definition) is 5. The van der Waals surface area contributed by atoms with Gasteiger partial charge in [0, 0.05) is 153 Å². The topological polar surface area (TPSA) is 210 Å². The predicted octanol–water partition coefficient (Wildman–Crippen LogP) is 15.1. The highest BCUT2D eigenvalue weighted by atomic mass is 16.5. The number of hydrogen-bond acceptors (Lipinski definition) is 20. The van der Waals surface area contributed by atoms with E-state index in [1.807, 2.05) is 41.5 Å². The molecule has 0 bridgehead atoms. The normalized spacial score (nSPS) is 41.9. The molecule has 17 atom stereocenters. The zero-order valence-corrected chi connectivity index (χ0v) is 67.9. The molecule has 5 saturated heterocycles. The summed E-state index contributed by atoms with van der Waals surface area (Å²) in [5.41, 5.74) is 0.598. The van der Waals surface area contributed by atoms with Gasteiger partial charge in [0.25, 0.3) is 0 Å². The molecule has 5 aromatic rings. The van der Waals surface area contributed by atoms with Crippen LogP contribution in [-0.4, -0.2) is 216 Å². The monoisotopic (exact) mass is 1640 g/mol. The third-order valence-electron chi connectivity index (χ3n) is 21.3. The van der Waals surface area contributed by atoms with Gasteiger partial charge in [0.15, 0.2) is 57.5 Å². The van der Waals surface area contributed by atoms with E-state index >= 15 is 0 Å². The highest BCUT2D eigenvalue weighted by Crippen LogP contribution is 2.50. The molecule has 5 aromatic carbocycles. The smallest absolute Gasteiger partial charge is 0.161 e. The molecule has 15 rings (SSSR count). The van der Waals surface area contributed by atoms with Crippen molar-refractivity contribution in [2.75, 3.05) is 136 Å². The third kappa shape index (κ3) is 21.1. The molecule has 10 heterocycles. The van der Waals surface area contributed by atoms with Gasteiger partial charge in [-0.25, -0.2) is 0 Å². The molecule has 640 valence electrons. The molecular formula is C95H145N5O15. The molecule has 0 aromatic heterocycles. The van der Waals surface area contributed by atoms with Crippen LogP contribution in [0.3, 0.4) is 0 Å². The summed E-state index contributed by atoms with van der Waals surface area (Å²) >= 11 is 0. The SMILES string of the molecule is [2H]C([2H])([2H])Oc1cc2c(cc1OC)C([2H])([2H])C([2H])([2H])N1C2CC(O)C(C([2H])([2H])C([2H])(C)C([2H])([2H])[2H])C1([2H])[2H].[2H]C([2H])([2H])Oc1cc2c(cc1OC)C([2H])([2H])C([2H])([2H])N1C2CC(O)C(CC(C)C)C1([2H])[2H].[2H]C1([2H])C(C([2H])([2H])C([2H])(C)C([2H])([2H])[2H])C(O)CC2c3cc(OC)c(OC)cc3C([2H])([2H])C([2H])([2H])N21.[2H]C1([2H])C(CC(C)C)C(O)CC2c3cc(OC)c(OC)cc3C([2H])([2H])C([2H])([2H])N21.[2H]C1([2H])C(CC(C)C)C(O)CC2c3cc(OC)c(OC)cc3C([2H])([2H])C([2H])([2H])N21. The Hall–Kier alpha value is -6.30. The molecule has 0 radical (unpaired) electrons. The van der Waals surface area contributed by atoms with Crippen LogP contribution in [0.2, 0.25) is 0 Å². The summed E-state index contributed by atoms with van der Waals surface area (Å²) < 4.78 is 453. The number of nitrogens with zero attached hydrogens (tertiary/aromatic N) is 5. The molecule has 0 spiro atoms. The summed E-state index contributed by atoms with van der Waals surface area (Å²) in [4.78, 5) is 3.79. The molecule has 0 amide bonds. The average Bonchev–Trinajstić information content (AvgIpc) is 0.683. The summed E-state index contributed by atoms with van der Waals surface area (Å²) in [5, 5.41) is 54.5. The van der Waals surface area contributed by atoms with Gasteiger partial charge in [-0.1, -0.05) is 69.1 Å². The van der Waals surface area contributed by atoms with Gasteiger partial charge in [0.05, 0.1) is 110 Å². The minimum Gasteiger partial charge on any atom is -0.493 e. The molecule has 5 fully saturated rings. The maximum atomic E-state index is 11.1. The van der Waals surface area contributed by atoms with Crippen molar-refractivity contribution in [3.05, 3.63) is 116 Å². The van der Waals surface area contributed by atoms with Gasteiger partial charge in [-0.05, 0) is 271 Å². The first-order valence-electron chi connectivity index (χ1n) is 62.4. The average molecular weight is 1650 g/mol. The van der Waals surface area contributed by atoms with Crippen LogP contribution in [0.4, 0.5) is 0 Å². The van der Waals surface area contributed by atoms with Gasteiger partial charge < -0.3 is 72.9 Å². The minimum absolute atomic E-state index is 0.0320. The van der Waals surface area contributed by atoms with Gasteiger partial charge in [0.2, 0.25) is 0 Å². The Bertz CT molecular complexity index is 6080. The van der Waals surface area contributed by atoms with E-state index < -0.39 is 252 Å². The Kier molecular flexibility index (Phi) is 16.0. The van der Waals surface area contributed by atoms with E-state index in [2.05, 4.69) is 0 Å². The predicted molar refractivity (Wildman–Crippen MR) is 456 cm³/mol. The summed E-state index contributed by atoms with van der Waals surface area (Å²) in [6, 6.07) is 7.74. The largest absolute Gasteiger partial charge is 0.493 e. The highest BCUT2D eigenvalue weighted by Gasteiger charge is 2.45. The number of rotatable bonds is 20. The van der Waals surface area contributed by atoms with E-state index in [9.17, 15) is 25.5 Å². The molecule has 0 aliphatic carbocycles. The number of fused-ring (bicyclic) bond motifs is 15. The molecule has 17 unspecified atom stereocenters. The number of methoxy groups -OCH3 is 10. The number of aliphatic hydroxyl groups excluding tert-OH is 5. The number of benzene rings is 5. The summed E-state index contributed by atoms with van der Waals surface area (Å²) in [5.74, 6) is -12.0. The standard InChI is InChI=1S/5C19H29NO3/c5*1-12(2)7-14-11-20-6-5-13-8-18(22-3)19(23-4)9-15(13)16(20)10-17(14)21/h5*8-9,12,14,16-17,21H,5-7,10-11H2,1-4H3/i1D3,4D3,5D2,6D2,7D2,11D2,12D;1D3,5D2,6D2,7D2,11D2,12D;4D3,5D2,6D2,11D2;2*5D2,6D2,11D2. The van der Waals surface area contributed by atoms with Crippen molar-refractivity contribution in [2.45, 2.75) is 226 Å². The van der Waals surface area contributed by atoms with Crippen molar-refractivity contribution < 1.29 is 139 Å². The van der Waals surface area contributed by atoms with Crippen LogP contribution in [0.25, 0.3) is 0 Å². The van der Waals surface area contributed by atoms with Gasteiger partial charge >= 0.3 is 0 Å². The number of aryl methyl sites for hydroxylation is 5. The summed E-state index contributed by atoms with van der Waals surface area (Å²) in [6.07, 6.45) is -26.6. The molecule has 10 aliphatic rings. The molecule has 20 nitrogen and oxygen atoms in total. The lowest BCUT2D eigenvalue weighted by molar-refractivity contribution is -0.0192. The molecule has 0 saturated carbocycles. The first kappa shape index (κ1) is 45.4. The van der Waals surface area contributed by atoms with Gasteiger partial charge in [-0.3, -0.25) is 24.5 Å². The highest BCUT2D eigenvalue weighted by molar-refractivity contribution is 5.54. The lowest BCUT2D eigenvalue weighted by Crippen LogP contribution is -2.48. The lowest BCUT2D eigenvalue weighted by Gasteiger charge is -2.46. The molecule has 115 heavy (non-hydrogen) atoms. The molecular weight excluding hydrogens is 1450 g/mol. The van der Waals surface area contributed by atoms with Gasteiger partial charge in [0.1, 0.15) is 0 Å². The fourth-order valence-electron chi connectivity index (χ4n) is 15.7. The minimum atomic E-state index is -3.26. The van der Waals surface area contributed by atoms with E-state index in [1.165, 1.54) is 86.2 Å². The molecule has 20 heteroatoms. The van der Waals surface area contributed by atoms with E-state index in [-0.39, 0.29) is 128 Å². The lowest BCUT2D eigenvalue weighted by atomic mass is 9.79. The Morgan fingerprint density at radius 3 is 0.704 bits per heavy atom. The maximum Gasteiger partial charge on any atom is 0.161 e. The number of aliphatic hydroxyl groups is 5. The zero-order chi connectivity index (χ0) is 125. The Balaban J connectivity index is 0.000000192. The summed E-state index contributed by atoms with van der Waals surface area (Å²) in [6.45, 7) is -21.0. The van der Waals surface area contributed by atoms with Gasteiger partial charge in [-0.2, -0.15) is 0 Å². The van der Waals surface area contributed by atoms with Crippen LogP contribution in [0.1, 0.15) is 285 Å². The third-order valence-corrected chi connectivity index (χ3v) is 21.3. The maximum absolute atomic E-state index is 11.1. The summed E-state index contributed by atoms with van der Waals surface area (Å²) in [7, 11) is 5.04. The van der Waals surface area contributed by atoms with E-state index in [1.54, 1.807) is 12.1 Å². The Morgan fingerprint density at radius 2 is 0.513 bits per heavy atom. The second-order valence-corrected chi connectivity index (χ2v) is 30.7. The van der Waals surface area contributed by atoms with Crippen molar-refractivity contribution in [3.63, 3.8) is 0 Å². The van der Waals surface area contributed by atoms with Crippen LogP contribution in [0.5, 0.6) is 57.5 Å². The van der Waals surface area contributed by atoms with Crippen molar-refractivity contribution >= 4 is 0 Å². The molecule has 5 N–H and O–H groups in total. The van der Waals surface area contributed by atoms with Crippen LogP contribution in [-0.2, 0) is 31.9 Å². The van der Waals surface area contributed by atoms with E-state index in [4.69, 9.17) is 113 Å². The Labute approximate surface area is 757 Å². The Morgan fingerprint density at radius 1 is 0.322 bits per heavy atom. The quantitative estimate of drug-likeness (QED) is 0.0491. The van der Waals surface area contributed by atoms with E-state index in [0.29, 0.717) is 51.7 Å². The fraction of sp³-hybridized carbons (Fsp3) is 0.684. The van der Waals surface area contributed by atoms with Gasteiger partial charge in [-0.15, -0.1) is 0 Å². The van der Waals surface area contributed by atoms with Crippen molar-refractivity contribution in [1.29, 1.82) is 0 Å². The second kappa shape index (κ2) is 40.6. The van der Waals surface area contributed by atoms with E-state index in [0.717, 1.165) is 47.8 Å². The van der Waals surface area contributed by atoms with Crippen LogP contribution >= 0.6 is 0 Å². The van der Waals surface area contributed by atoms with Crippen LogP contribution in [0, 0.1) is 59.1 Å². The second-order valence-electron chi connectivity index (χ2n) is 30.7. The van der Waals surface area contributed by atoms with Crippen LogP contribution in [0.15, 0.2) is 60.7 Å². The zero-order valence-electron chi connectivity index (χ0n) is 116. The van der Waals surface area contributed by atoms with Crippen molar-refractivity contribution in [3.8, 4) is 57.5 Å². The van der Waals surface area contributed by atoms with Crippen molar-refractivity contribution in [2.24, 2.45) is 59.1 Å². The van der Waals surface area contributed by atoms with Crippen molar-refractivity contribution in [1.82, 2.24) is 24.5 Å². The fourth-order valence-corrected chi connectivity index (χ4v) is 15.7. The number of ether oxygens (including phenoxy) is 10. The first-order chi connectivity index (χ1) is 73.4. The molecule has 10 aliphatic heterocycles.